The first-order chi connectivity index (χ1) is 8.63. The summed E-state index contributed by atoms with van der Waals surface area (Å²) in [7, 11) is 4.02. The molecule has 5 heteroatoms. The molecule has 0 amide bonds. The number of ether oxygens (including phenoxy) is 1. The maximum Gasteiger partial charge on any atom is 0.0992 e. The minimum atomic E-state index is 0.597. The van der Waals surface area contributed by atoms with E-state index in [-0.39, 0.29) is 0 Å². The smallest absolute Gasteiger partial charge is 0.0992 e. The standard InChI is InChI=1S/C13H20N4O/c1-17(2)6-8-18-7-5-16-13-9-11(10-14)3-4-12(13)15/h3-4,9,16H,5-8,15H2,1-2H3. The van der Waals surface area contributed by atoms with E-state index in [4.69, 9.17) is 15.7 Å². The Morgan fingerprint density at radius 1 is 1.39 bits per heavy atom. The lowest BCUT2D eigenvalue weighted by Gasteiger charge is -2.12. The Hall–Kier alpha value is -1.77. The van der Waals surface area contributed by atoms with Crippen molar-refractivity contribution < 1.29 is 4.74 Å². The van der Waals surface area contributed by atoms with Gasteiger partial charge >= 0.3 is 0 Å². The van der Waals surface area contributed by atoms with Gasteiger partial charge in [-0.2, -0.15) is 5.26 Å². The van der Waals surface area contributed by atoms with Crippen molar-refractivity contribution in [2.24, 2.45) is 0 Å². The fourth-order valence-electron chi connectivity index (χ4n) is 1.39. The molecule has 3 N–H and O–H groups in total. The molecule has 0 aromatic heterocycles. The molecule has 1 aromatic rings. The van der Waals surface area contributed by atoms with Gasteiger partial charge in [0.2, 0.25) is 0 Å². The number of nitrogen functional groups attached to an aromatic ring is 1. The van der Waals surface area contributed by atoms with Gasteiger partial charge < -0.3 is 20.7 Å². The van der Waals surface area contributed by atoms with Crippen LogP contribution < -0.4 is 11.1 Å². The molecule has 0 saturated heterocycles. The van der Waals surface area contributed by atoms with Crippen molar-refractivity contribution in [1.82, 2.24) is 4.90 Å². The quantitative estimate of drug-likeness (QED) is 0.559. The van der Waals surface area contributed by atoms with Crippen molar-refractivity contribution in [1.29, 1.82) is 5.26 Å². The predicted octanol–water partition coefficient (Wildman–Crippen LogP) is 1.13. The average Bonchev–Trinajstić information content (AvgIpc) is 2.35. The van der Waals surface area contributed by atoms with E-state index in [0.29, 0.717) is 31.0 Å². The second-order valence-electron chi connectivity index (χ2n) is 4.26. The number of likely N-dealkylation sites (N-methyl/N-ethyl adjacent to an activating group) is 1. The molecule has 1 rings (SSSR count). The largest absolute Gasteiger partial charge is 0.397 e. The van der Waals surface area contributed by atoms with Crippen LogP contribution in [0.15, 0.2) is 18.2 Å². The molecule has 0 atom stereocenters. The molecule has 0 aliphatic rings. The van der Waals surface area contributed by atoms with Crippen LogP contribution >= 0.6 is 0 Å². The lowest BCUT2D eigenvalue weighted by Crippen LogP contribution is -2.20. The molecule has 0 radical (unpaired) electrons. The minimum Gasteiger partial charge on any atom is -0.397 e. The molecule has 98 valence electrons. The van der Waals surface area contributed by atoms with Crippen LogP contribution in [0.2, 0.25) is 0 Å². The topological polar surface area (TPSA) is 74.3 Å². The summed E-state index contributed by atoms with van der Waals surface area (Å²) in [5.74, 6) is 0. The van der Waals surface area contributed by atoms with Gasteiger partial charge in [0, 0.05) is 13.1 Å². The van der Waals surface area contributed by atoms with E-state index in [1.165, 1.54) is 0 Å². The van der Waals surface area contributed by atoms with Crippen LogP contribution in [-0.2, 0) is 4.74 Å². The van der Waals surface area contributed by atoms with Crippen LogP contribution in [0.1, 0.15) is 5.56 Å². The van der Waals surface area contributed by atoms with Crippen molar-refractivity contribution in [3.8, 4) is 6.07 Å². The highest BCUT2D eigenvalue weighted by atomic mass is 16.5. The average molecular weight is 248 g/mol. The number of nitrogens with one attached hydrogen (secondary N) is 1. The number of nitrogens with two attached hydrogens (primary N) is 1. The zero-order chi connectivity index (χ0) is 13.4. The summed E-state index contributed by atoms with van der Waals surface area (Å²) in [5.41, 5.74) is 7.83. The number of hydrogen-bond acceptors (Lipinski definition) is 5. The molecule has 0 saturated carbocycles. The van der Waals surface area contributed by atoms with E-state index < -0.39 is 0 Å². The van der Waals surface area contributed by atoms with Crippen LogP contribution in [0.25, 0.3) is 0 Å². The van der Waals surface area contributed by atoms with Crippen molar-refractivity contribution in [3.63, 3.8) is 0 Å². The lowest BCUT2D eigenvalue weighted by atomic mass is 10.2. The number of benzene rings is 1. The van der Waals surface area contributed by atoms with Crippen molar-refractivity contribution >= 4 is 11.4 Å². The van der Waals surface area contributed by atoms with Crippen LogP contribution in [0, 0.1) is 11.3 Å². The molecule has 0 bridgehead atoms. The molecule has 1 aromatic carbocycles. The van der Waals surface area contributed by atoms with Gasteiger partial charge in [0.05, 0.1) is 36.2 Å². The van der Waals surface area contributed by atoms with E-state index in [9.17, 15) is 0 Å². The number of rotatable bonds is 7. The van der Waals surface area contributed by atoms with E-state index in [1.807, 2.05) is 14.1 Å². The van der Waals surface area contributed by atoms with Gasteiger partial charge in [0.25, 0.3) is 0 Å². The number of anilines is 2. The van der Waals surface area contributed by atoms with Crippen LogP contribution in [0.4, 0.5) is 11.4 Å². The predicted molar refractivity (Wildman–Crippen MR) is 73.4 cm³/mol. The molecule has 0 aliphatic heterocycles. The molecular weight excluding hydrogens is 228 g/mol. The van der Waals surface area contributed by atoms with Crippen LogP contribution in [-0.4, -0.2) is 45.3 Å². The van der Waals surface area contributed by atoms with Gasteiger partial charge in [-0.05, 0) is 32.3 Å². The Kier molecular flexibility index (Phi) is 5.98. The normalized spacial score (nSPS) is 10.3. The van der Waals surface area contributed by atoms with E-state index >= 15 is 0 Å². The maximum absolute atomic E-state index is 8.80. The minimum absolute atomic E-state index is 0.597. The van der Waals surface area contributed by atoms with Crippen LogP contribution in [0.5, 0.6) is 0 Å². The molecule has 5 nitrogen and oxygen atoms in total. The highest BCUT2D eigenvalue weighted by molar-refractivity contribution is 5.68. The summed E-state index contributed by atoms with van der Waals surface area (Å²) in [4.78, 5) is 2.07. The molecule has 0 aliphatic carbocycles. The van der Waals surface area contributed by atoms with Gasteiger partial charge in [0.15, 0.2) is 0 Å². The zero-order valence-corrected chi connectivity index (χ0v) is 10.9. The Labute approximate surface area is 108 Å². The Balaban J connectivity index is 2.29. The first kappa shape index (κ1) is 14.3. The van der Waals surface area contributed by atoms with Crippen molar-refractivity contribution in [3.05, 3.63) is 23.8 Å². The summed E-state index contributed by atoms with van der Waals surface area (Å²) in [6, 6.07) is 7.26. The molecule has 18 heavy (non-hydrogen) atoms. The van der Waals surface area contributed by atoms with Gasteiger partial charge in [-0.15, -0.1) is 0 Å². The van der Waals surface area contributed by atoms with Gasteiger partial charge in [-0.1, -0.05) is 0 Å². The first-order valence-corrected chi connectivity index (χ1v) is 5.89. The molecule has 0 unspecified atom stereocenters. The monoisotopic (exact) mass is 248 g/mol. The Morgan fingerprint density at radius 3 is 2.83 bits per heavy atom. The summed E-state index contributed by atoms with van der Waals surface area (Å²) in [6.45, 7) is 2.91. The Bertz CT molecular complexity index is 412. The number of hydrogen-bond donors (Lipinski definition) is 2. The van der Waals surface area contributed by atoms with Gasteiger partial charge in [0.1, 0.15) is 0 Å². The molecular formula is C13H20N4O. The van der Waals surface area contributed by atoms with E-state index in [0.717, 1.165) is 12.2 Å². The lowest BCUT2D eigenvalue weighted by molar-refractivity contribution is 0.126. The maximum atomic E-state index is 8.80. The van der Waals surface area contributed by atoms with E-state index in [1.54, 1.807) is 18.2 Å². The van der Waals surface area contributed by atoms with Crippen LogP contribution in [0.3, 0.4) is 0 Å². The third kappa shape index (κ3) is 5.04. The molecule has 0 heterocycles. The summed E-state index contributed by atoms with van der Waals surface area (Å²) in [6.07, 6.45) is 0. The fraction of sp³-hybridized carbons (Fsp3) is 0.462. The number of nitriles is 1. The number of nitrogens with zero attached hydrogens (tertiary/aromatic N) is 2. The Morgan fingerprint density at radius 2 is 2.17 bits per heavy atom. The SMILES string of the molecule is CN(C)CCOCCNc1cc(C#N)ccc1N. The highest BCUT2D eigenvalue weighted by Gasteiger charge is 2.00. The third-order valence-corrected chi connectivity index (χ3v) is 2.43. The fourth-order valence-corrected chi connectivity index (χ4v) is 1.39. The van der Waals surface area contributed by atoms with E-state index in [2.05, 4.69) is 16.3 Å². The first-order valence-electron chi connectivity index (χ1n) is 5.89. The van der Waals surface area contributed by atoms with Gasteiger partial charge in [-0.3, -0.25) is 0 Å². The third-order valence-electron chi connectivity index (χ3n) is 2.43. The summed E-state index contributed by atoms with van der Waals surface area (Å²) in [5, 5.41) is 12.0. The second-order valence-corrected chi connectivity index (χ2v) is 4.26. The summed E-state index contributed by atoms with van der Waals surface area (Å²) >= 11 is 0. The van der Waals surface area contributed by atoms with Gasteiger partial charge in [-0.25, -0.2) is 0 Å². The second kappa shape index (κ2) is 7.54. The molecule has 0 spiro atoms. The van der Waals surface area contributed by atoms with Crippen molar-refractivity contribution in [2.75, 3.05) is 51.4 Å². The molecule has 0 fully saturated rings. The highest BCUT2D eigenvalue weighted by Crippen LogP contribution is 2.19. The zero-order valence-electron chi connectivity index (χ0n) is 10.9. The van der Waals surface area contributed by atoms with Crippen molar-refractivity contribution in [2.45, 2.75) is 0 Å². The summed E-state index contributed by atoms with van der Waals surface area (Å²) < 4.78 is 5.45.